The van der Waals surface area contributed by atoms with Crippen LogP contribution in [0.4, 0.5) is 10.1 Å². The summed E-state index contributed by atoms with van der Waals surface area (Å²) in [5.74, 6) is 2.41. The lowest BCUT2D eigenvalue weighted by Crippen LogP contribution is -2.36. The Balaban J connectivity index is 1.25. The van der Waals surface area contributed by atoms with E-state index < -0.39 is 0 Å². The molecule has 0 bridgehead atoms. The minimum atomic E-state index is -0.185. The van der Waals surface area contributed by atoms with Crippen molar-refractivity contribution in [3.8, 4) is 0 Å². The third-order valence-electron chi connectivity index (χ3n) is 10.0. The van der Waals surface area contributed by atoms with Crippen molar-refractivity contribution < 1.29 is 8.81 Å². The number of nitrogens with zero attached hydrogens (tertiary/aromatic N) is 3. The lowest BCUT2D eigenvalue weighted by molar-refractivity contribution is 0.135. The van der Waals surface area contributed by atoms with Gasteiger partial charge in [0.25, 0.3) is 0 Å². The van der Waals surface area contributed by atoms with E-state index in [1.165, 1.54) is 16.7 Å². The number of oxazole rings is 1. The maximum Gasteiger partial charge on any atom is 0.217 e. The van der Waals surface area contributed by atoms with Gasteiger partial charge in [-0.05, 0) is 106 Å². The molecule has 5 nitrogen and oxygen atoms in total. The SMILES string of the molecule is CN(C)C(c1ccc(F)cc1)C1CCC(C(c2nc(Cc3ccccc3)c(CNCCc3ccccc3)o2)N(C)c2ccccc2)CC1. The number of para-hydroxylation sites is 1. The predicted octanol–water partition coefficient (Wildman–Crippen LogP) is 9.02. The Kier molecular flexibility index (Phi) is 11.4. The molecule has 1 fully saturated rings. The number of aromatic nitrogens is 1. The topological polar surface area (TPSA) is 44.5 Å². The highest BCUT2D eigenvalue weighted by Crippen LogP contribution is 2.45. The van der Waals surface area contributed by atoms with Gasteiger partial charge in [0.2, 0.25) is 5.89 Å². The minimum Gasteiger partial charge on any atom is -0.442 e. The fourth-order valence-electron chi connectivity index (χ4n) is 7.61. The van der Waals surface area contributed by atoms with Gasteiger partial charge in [-0.3, -0.25) is 0 Å². The van der Waals surface area contributed by atoms with E-state index in [4.69, 9.17) is 9.40 Å². The molecule has 0 spiro atoms. The molecule has 2 unspecified atom stereocenters. The molecule has 2 atom stereocenters. The maximum atomic E-state index is 13.8. The van der Waals surface area contributed by atoms with Crippen molar-refractivity contribution in [1.82, 2.24) is 15.2 Å². The zero-order chi connectivity index (χ0) is 33.3. The van der Waals surface area contributed by atoms with E-state index in [1.807, 2.05) is 12.1 Å². The van der Waals surface area contributed by atoms with Crippen molar-refractivity contribution in [1.29, 1.82) is 0 Å². The predicted molar refractivity (Wildman–Crippen MR) is 193 cm³/mol. The summed E-state index contributed by atoms with van der Waals surface area (Å²) in [5, 5.41) is 3.64. The van der Waals surface area contributed by atoms with E-state index in [-0.39, 0.29) is 17.9 Å². The molecule has 1 aliphatic carbocycles. The van der Waals surface area contributed by atoms with Crippen LogP contribution in [-0.4, -0.2) is 37.6 Å². The fourth-order valence-corrected chi connectivity index (χ4v) is 7.61. The summed E-state index contributed by atoms with van der Waals surface area (Å²) >= 11 is 0. The Morgan fingerprint density at radius 1 is 0.729 bits per heavy atom. The Hall–Kier alpha value is -4.26. The number of hydrogen-bond acceptors (Lipinski definition) is 5. The van der Waals surface area contributed by atoms with Crippen LogP contribution in [0.3, 0.4) is 0 Å². The van der Waals surface area contributed by atoms with E-state index in [2.05, 4.69) is 127 Å². The highest BCUT2D eigenvalue weighted by atomic mass is 19.1. The van der Waals surface area contributed by atoms with Gasteiger partial charge in [0.1, 0.15) is 17.6 Å². The van der Waals surface area contributed by atoms with Crippen molar-refractivity contribution >= 4 is 5.69 Å². The summed E-state index contributed by atoms with van der Waals surface area (Å²) in [6, 6.07) is 39.1. The molecule has 6 rings (SSSR count). The molecule has 5 aromatic rings. The van der Waals surface area contributed by atoms with Crippen LogP contribution in [0.25, 0.3) is 0 Å². The monoisotopic (exact) mass is 644 g/mol. The van der Waals surface area contributed by atoms with Gasteiger partial charge in [0, 0.05) is 25.2 Å². The van der Waals surface area contributed by atoms with Crippen LogP contribution in [-0.2, 0) is 19.4 Å². The van der Waals surface area contributed by atoms with Gasteiger partial charge in [0.15, 0.2) is 0 Å². The zero-order valence-corrected chi connectivity index (χ0v) is 28.6. The first-order valence-corrected chi connectivity index (χ1v) is 17.4. The molecular formula is C42H49FN4O. The smallest absolute Gasteiger partial charge is 0.217 e. The maximum absolute atomic E-state index is 13.8. The molecular weight excluding hydrogens is 595 g/mol. The number of benzene rings is 4. The fraction of sp³-hybridized carbons (Fsp3) is 0.357. The largest absolute Gasteiger partial charge is 0.442 e. The minimum absolute atomic E-state index is 0.00423. The molecule has 250 valence electrons. The molecule has 1 aliphatic rings. The normalized spacial score (nSPS) is 17.7. The van der Waals surface area contributed by atoms with Gasteiger partial charge in [-0.15, -0.1) is 0 Å². The van der Waals surface area contributed by atoms with Crippen LogP contribution in [0.15, 0.2) is 120 Å². The zero-order valence-electron chi connectivity index (χ0n) is 28.6. The van der Waals surface area contributed by atoms with Crippen LogP contribution in [0.2, 0.25) is 0 Å². The van der Waals surface area contributed by atoms with Crippen LogP contribution in [0.1, 0.15) is 71.8 Å². The Labute approximate surface area is 285 Å². The Morgan fingerprint density at radius 3 is 1.90 bits per heavy atom. The summed E-state index contributed by atoms with van der Waals surface area (Å²) in [6.45, 7) is 1.50. The van der Waals surface area contributed by atoms with Gasteiger partial charge < -0.3 is 19.5 Å². The van der Waals surface area contributed by atoms with E-state index >= 15 is 0 Å². The van der Waals surface area contributed by atoms with Gasteiger partial charge in [-0.2, -0.15) is 0 Å². The standard InChI is InChI=1S/C42H49FN4O/c1-46(2)40(34-23-25-36(43)26-24-34)33-19-21-35(22-20-33)41(47(3)37-17-11-6-12-18-37)42-45-38(29-32-15-9-5-10-16-32)39(48-42)30-44-28-27-31-13-7-4-8-14-31/h4-18,23-26,33,35,40-41,44H,19-22,27-30H2,1-3H3. The number of nitrogens with one attached hydrogen (secondary N) is 1. The van der Waals surface area contributed by atoms with Crippen LogP contribution >= 0.6 is 0 Å². The third-order valence-corrected chi connectivity index (χ3v) is 10.0. The van der Waals surface area contributed by atoms with E-state index in [1.54, 1.807) is 12.1 Å². The van der Waals surface area contributed by atoms with Gasteiger partial charge >= 0.3 is 0 Å². The lowest BCUT2D eigenvalue weighted by atomic mass is 9.73. The van der Waals surface area contributed by atoms with Crippen molar-refractivity contribution in [3.63, 3.8) is 0 Å². The first kappa shape index (κ1) is 33.6. The Bertz CT molecular complexity index is 1670. The number of anilines is 1. The van der Waals surface area contributed by atoms with Crippen LogP contribution < -0.4 is 10.2 Å². The van der Waals surface area contributed by atoms with E-state index in [9.17, 15) is 4.39 Å². The van der Waals surface area contributed by atoms with Crippen molar-refractivity contribution in [2.24, 2.45) is 11.8 Å². The van der Waals surface area contributed by atoms with Gasteiger partial charge in [-0.25, -0.2) is 9.37 Å². The summed E-state index contributed by atoms with van der Waals surface area (Å²) in [7, 11) is 6.47. The number of halogens is 1. The quantitative estimate of drug-likeness (QED) is 0.122. The molecule has 0 amide bonds. The average molecular weight is 645 g/mol. The molecule has 0 saturated heterocycles. The molecule has 1 saturated carbocycles. The number of rotatable bonds is 14. The van der Waals surface area contributed by atoms with Gasteiger partial charge in [-0.1, -0.05) is 91.0 Å². The van der Waals surface area contributed by atoms with Gasteiger partial charge in [0.05, 0.1) is 12.2 Å². The molecule has 0 radical (unpaired) electrons. The molecule has 1 N–H and O–H groups in total. The highest BCUT2D eigenvalue weighted by Gasteiger charge is 2.38. The second kappa shape index (κ2) is 16.2. The lowest BCUT2D eigenvalue weighted by Gasteiger charge is -2.41. The molecule has 1 heterocycles. The molecule has 4 aromatic carbocycles. The second-order valence-electron chi connectivity index (χ2n) is 13.5. The van der Waals surface area contributed by atoms with E-state index in [0.717, 1.165) is 68.1 Å². The second-order valence-corrected chi connectivity index (χ2v) is 13.5. The number of hydrogen-bond donors (Lipinski definition) is 1. The molecule has 1 aromatic heterocycles. The summed E-state index contributed by atoms with van der Waals surface area (Å²) < 4.78 is 20.6. The molecule has 48 heavy (non-hydrogen) atoms. The van der Waals surface area contributed by atoms with Crippen molar-refractivity contribution in [2.45, 2.75) is 57.2 Å². The summed E-state index contributed by atoms with van der Waals surface area (Å²) in [4.78, 5) is 9.98. The van der Waals surface area contributed by atoms with Crippen LogP contribution in [0, 0.1) is 17.7 Å². The van der Waals surface area contributed by atoms with Crippen molar-refractivity contribution in [3.05, 3.63) is 155 Å². The first-order chi connectivity index (χ1) is 23.5. The first-order valence-electron chi connectivity index (χ1n) is 17.4. The van der Waals surface area contributed by atoms with Crippen LogP contribution in [0.5, 0.6) is 0 Å². The van der Waals surface area contributed by atoms with Crippen molar-refractivity contribution in [2.75, 3.05) is 32.6 Å². The summed E-state index contributed by atoms with van der Waals surface area (Å²) in [6.07, 6.45) is 6.02. The van der Waals surface area contributed by atoms with E-state index in [0.29, 0.717) is 18.4 Å². The molecule has 0 aliphatic heterocycles. The average Bonchev–Trinajstić information content (AvgIpc) is 3.50. The summed E-state index contributed by atoms with van der Waals surface area (Å²) in [5.41, 5.74) is 5.90. The Morgan fingerprint density at radius 2 is 1.29 bits per heavy atom. The highest BCUT2D eigenvalue weighted by molar-refractivity contribution is 5.47. The molecule has 6 heteroatoms. The third kappa shape index (κ3) is 8.41.